The second kappa shape index (κ2) is 7.20. The van der Waals surface area contributed by atoms with E-state index in [0.717, 1.165) is 14.0 Å². The van der Waals surface area contributed by atoms with Crippen LogP contribution in [0.4, 0.5) is 5.69 Å². The third-order valence-electron chi connectivity index (χ3n) is 4.44. The molecule has 0 spiro atoms. The molecule has 1 aliphatic heterocycles. The number of amides is 2. The van der Waals surface area contributed by atoms with Crippen LogP contribution in [-0.4, -0.2) is 17.8 Å². The molecule has 0 radical (unpaired) electrons. The van der Waals surface area contributed by atoms with E-state index in [1.54, 1.807) is 24.3 Å². The van der Waals surface area contributed by atoms with Crippen molar-refractivity contribution in [2.45, 2.75) is 6.92 Å². The summed E-state index contributed by atoms with van der Waals surface area (Å²) in [5.74, 6) is -1.02. The summed E-state index contributed by atoms with van der Waals surface area (Å²) in [7, 11) is 0. The molecular weight excluding hydrogens is 469 g/mol. The summed E-state index contributed by atoms with van der Waals surface area (Å²) in [6.45, 7) is 1.94. The first-order valence-corrected chi connectivity index (χ1v) is 9.59. The lowest BCUT2D eigenvalue weighted by Crippen LogP contribution is -2.29. The van der Waals surface area contributed by atoms with Crippen LogP contribution in [0, 0.1) is 10.5 Å². The van der Waals surface area contributed by atoms with E-state index < -0.39 is 17.8 Å². The highest BCUT2D eigenvalue weighted by molar-refractivity contribution is 14.1. The highest BCUT2D eigenvalue weighted by atomic mass is 127. The van der Waals surface area contributed by atoms with Gasteiger partial charge in [0.05, 0.1) is 22.4 Å². The van der Waals surface area contributed by atoms with Crippen LogP contribution in [0.3, 0.4) is 0 Å². The number of carbonyl (C=O) groups excluding carboxylic acids is 3. The Labute approximate surface area is 175 Å². The molecule has 138 valence electrons. The molecule has 0 saturated heterocycles. The number of benzene rings is 3. The highest BCUT2D eigenvalue weighted by Crippen LogP contribution is 2.29. The molecule has 4 rings (SSSR count). The summed E-state index contributed by atoms with van der Waals surface area (Å²) in [4.78, 5) is 39.1. The maximum atomic E-state index is 12.8. The van der Waals surface area contributed by atoms with E-state index in [1.165, 1.54) is 18.2 Å². The zero-order valence-corrected chi connectivity index (χ0v) is 17.0. The maximum Gasteiger partial charge on any atom is 0.343 e. The van der Waals surface area contributed by atoms with Gasteiger partial charge in [-0.25, -0.2) is 9.69 Å². The molecule has 1 aliphatic rings. The van der Waals surface area contributed by atoms with Crippen LogP contribution in [0.5, 0.6) is 5.75 Å². The van der Waals surface area contributed by atoms with Crippen molar-refractivity contribution in [1.82, 2.24) is 0 Å². The van der Waals surface area contributed by atoms with Crippen molar-refractivity contribution in [2.75, 3.05) is 4.90 Å². The van der Waals surface area contributed by atoms with Gasteiger partial charge >= 0.3 is 5.97 Å². The number of hydrogen-bond donors (Lipinski definition) is 0. The fourth-order valence-electron chi connectivity index (χ4n) is 2.96. The van der Waals surface area contributed by atoms with Crippen molar-refractivity contribution >= 4 is 46.1 Å². The minimum atomic E-state index is -0.584. The van der Waals surface area contributed by atoms with Gasteiger partial charge in [0.2, 0.25) is 0 Å². The molecule has 28 heavy (non-hydrogen) atoms. The summed E-state index contributed by atoms with van der Waals surface area (Å²) in [5, 5.41) is 0. The number of carbonyl (C=O) groups is 3. The summed E-state index contributed by atoms with van der Waals surface area (Å²) >= 11 is 2.15. The van der Waals surface area contributed by atoms with Crippen LogP contribution >= 0.6 is 22.6 Å². The molecule has 0 saturated carbocycles. The number of aryl methyl sites for hydroxylation is 1. The number of nitrogens with zero attached hydrogens (tertiary/aromatic N) is 1. The monoisotopic (exact) mass is 483 g/mol. The molecule has 0 fully saturated rings. The molecule has 5 nitrogen and oxygen atoms in total. The third kappa shape index (κ3) is 3.31. The zero-order valence-electron chi connectivity index (χ0n) is 14.8. The Morgan fingerprint density at radius 1 is 0.857 bits per heavy atom. The van der Waals surface area contributed by atoms with E-state index in [4.69, 9.17) is 4.74 Å². The van der Waals surface area contributed by atoms with Crippen LogP contribution in [-0.2, 0) is 0 Å². The van der Waals surface area contributed by atoms with Crippen molar-refractivity contribution in [1.29, 1.82) is 0 Å². The minimum absolute atomic E-state index is 0.196. The van der Waals surface area contributed by atoms with Gasteiger partial charge in [-0.3, -0.25) is 9.59 Å². The van der Waals surface area contributed by atoms with Gasteiger partial charge in [0.15, 0.2) is 0 Å². The Hall–Kier alpha value is -3.00. The van der Waals surface area contributed by atoms with E-state index in [2.05, 4.69) is 22.6 Å². The number of halogens is 1. The lowest BCUT2D eigenvalue weighted by Gasteiger charge is -2.13. The summed E-state index contributed by atoms with van der Waals surface area (Å²) in [5.41, 5.74) is 2.23. The Morgan fingerprint density at radius 3 is 2.18 bits per heavy atom. The van der Waals surface area contributed by atoms with Crippen LogP contribution in [0.1, 0.15) is 36.6 Å². The first kappa shape index (κ1) is 18.4. The molecule has 0 aliphatic carbocycles. The highest BCUT2D eigenvalue weighted by Gasteiger charge is 2.37. The van der Waals surface area contributed by atoms with Gasteiger partial charge in [0, 0.05) is 3.57 Å². The zero-order chi connectivity index (χ0) is 19.8. The van der Waals surface area contributed by atoms with E-state index in [9.17, 15) is 14.4 Å². The second-order valence-electron chi connectivity index (χ2n) is 6.39. The number of anilines is 1. The normalized spacial score (nSPS) is 12.9. The standard InChI is InChI=1S/C22H14INO4/c1-13-2-9-17(10-3-13)28-22(27)14-4-11-18-19(12-14)21(26)24(20(18)25)16-7-5-15(23)6-8-16/h2-12H,1H3. The Balaban J connectivity index is 1.62. The molecule has 3 aromatic rings. The van der Waals surface area contributed by atoms with Crippen LogP contribution in [0.25, 0.3) is 0 Å². The van der Waals surface area contributed by atoms with Crippen LogP contribution < -0.4 is 9.64 Å². The van der Waals surface area contributed by atoms with Crippen molar-refractivity contribution < 1.29 is 19.1 Å². The van der Waals surface area contributed by atoms with Crippen molar-refractivity contribution in [3.8, 4) is 5.75 Å². The number of hydrogen-bond acceptors (Lipinski definition) is 4. The van der Waals surface area contributed by atoms with Crippen molar-refractivity contribution in [3.63, 3.8) is 0 Å². The lowest BCUT2D eigenvalue weighted by molar-refractivity contribution is 0.0734. The average Bonchev–Trinajstić information content (AvgIpc) is 2.94. The van der Waals surface area contributed by atoms with Gasteiger partial charge in [-0.15, -0.1) is 0 Å². The maximum absolute atomic E-state index is 12.8. The number of rotatable bonds is 3. The molecule has 6 heteroatoms. The minimum Gasteiger partial charge on any atom is -0.423 e. The molecule has 1 heterocycles. The Morgan fingerprint density at radius 2 is 1.50 bits per heavy atom. The van der Waals surface area contributed by atoms with Crippen LogP contribution in [0.2, 0.25) is 0 Å². The van der Waals surface area contributed by atoms with E-state index in [-0.39, 0.29) is 16.7 Å². The average molecular weight is 483 g/mol. The molecule has 0 unspecified atom stereocenters. The van der Waals surface area contributed by atoms with E-state index in [0.29, 0.717) is 11.4 Å². The van der Waals surface area contributed by atoms with E-state index in [1.807, 2.05) is 31.2 Å². The van der Waals surface area contributed by atoms with E-state index >= 15 is 0 Å². The van der Waals surface area contributed by atoms with Gasteiger partial charge in [0.25, 0.3) is 11.8 Å². The van der Waals surface area contributed by atoms with Crippen molar-refractivity contribution in [3.05, 3.63) is 92.6 Å². The molecular formula is C22H14INO4. The molecule has 0 N–H and O–H groups in total. The number of esters is 1. The summed E-state index contributed by atoms with van der Waals surface area (Å²) < 4.78 is 6.35. The molecule has 2 amide bonds. The third-order valence-corrected chi connectivity index (χ3v) is 5.16. The summed E-state index contributed by atoms with van der Waals surface area (Å²) in [6.07, 6.45) is 0. The second-order valence-corrected chi connectivity index (χ2v) is 7.63. The molecule has 3 aromatic carbocycles. The Bertz CT molecular complexity index is 1100. The fourth-order valence-corrected chi connectivity index (χ4v) is 3.32. The molecule has 0 aromatic heterocycles. The lowest BCUT2D eigenvalue weighted by atomic mass is 10.1. The first-order valence-electron chi connectivity index (χ1n) is 8.51. The van der Waals surface area contributed by atoms with Gasteiger partial charge in [-0.2, -0.15) is 0 Å². The SMILES string of the molecule is Cc1ccc(OC(=O)c2ccc3c(c2)C(=O)N(c2ccc(I)cc2)C3=O)cc1. The predicted molar refractivity (Wildman–Crippen MR) is 113 cm³/mol. The fraction of sp³-hybridized carbons (Fsp3) is 0.0455. The largest absolute Gasteiger partial charge is 0.423 e. The number of fused-ring (bicyclic) bond motifs is 1. The molecule has 0 bridgehead atoms. The number of imide groups is 1. The quantitative estimate of drug-likeness (QED) is 0.236. The van der Waals surface area contributed by atoms with Crippen molar-refractivity contribution in [2.24, 2.45) is 0 Å². The van der Waals surface area contributed by atoms with Gasteiger partial charge in [-0.1, -0.05) is 17.7 Å². The van der Waals surface area contributed by atoms with Crippen LogP contribution in [0.15, 0.2) is 66.7 Å². The summed E-state index contributed by atoms with van der Waals surface area (Å²) in [6, 6.07) is 18.6. The first-order chi connectivity index (χ1) is 13.4. The predicted octanol–water partition coefficient (Wildman–Crippen LogP) is 4.62. The topological polar surface area (TPSA) is 63.7 Å². The number of ether oxygens (including phenoxy) is 1. The molecule has 0 atom stereocenters. The van der Waals surface area contributed by atoms with Gasteiger partial charge in [-0.05, 0) is 84.1 Å². The smallest absolute Gasteiger partial charge is 0.343 e. The Kier molecular flexibility index (Phi) is 4.72. The van der Waals surface area contributed by atoms with Gasteiger partial charge in [0.1, 0.15) is 5.75 Å². The van der Waals surface area contributed by atoms with Gasteiger partial charge < -0.3 is 4.74 Å².